The zero-order valence-corrected chi connectivity index (χ0v) is 19.2. The topological polar surface area (TPSA) is 109 Å². The Kier molecular flexibility index (Phi) is 7.31. The molecule has 0 aliphatic carbocycles. The van der Waals surface area contributed by atoms with Crippen LogP contribution in [-0.2, 0) is 20.9 Å². The summed E-state index contributed by atoms with van der Waals surface area (Å²) in [4.78, 5) is 31.2. The van der Waals surface area contributed by atoms with Crippen molar-refractivity contribution in [2.45, 2.75) is 25.4 Å². The highest BCUT2D eigenvalue weighted by Crippen LogP contribution is 2.29. The molecular weight excluding hydrogens is 449 g/mol. The molecule has 33 heavy (non-hydrogen) atoms. The van der Waals surface area contributed by atoms with Gasteiger partial charge in [0.25, 0.3) is 5.91 Å². The first-order chi connectivity index (χ1) is 15.9. The molecule has 3 aliphatic rings. The van der Waals surface area contributed by atoms with Crippen LogP contribution in [0, 0.1) is 5.41 Å². The van der Waals surface area contributed by atoms with Gasteiger partial charge in [-0.15, -0.1) is 0 Å². The Hall–Kier alpha value is -2.49. The summed E-state index contributed by atoms with van der Waals surface area (Å²) in [6, 6.07) is 7.26. The highest BCUT2D eigenvalue weighted by atomic mass is 35.5. The summed E-state index contributed by atoms with van der Waals surface area (Å²) in [5.74, 6) is -0.323. The number of rotatable bonds is 8. The number of ether oxygens (including phenoxy) is 1. The van der Waals surface area contributed by atoms with Gasteiger partial charge >= 0.3 is 0 Å². The first kappa shape index (κ1) is 23.7. The third kappa shape index (κ3) is 5.72. The zero-order chi connectivity index (χ0) is 23.4. The third-order valence-corrected chi connectivity index (χ3v) is 6.56. The summed E-state index contributed by atoms with van der Waals surface area (Å²) in [5.41, 5.74) is 8.06. The van der Waals surface area contributed by atoms with Gasteiger partial charge in [-0.05, 0) is 24.1 Å². The van der Waals surface area contributed by atoms with Crippen molar-refractivity contribution >= 4 is 29.1 Å². The first-order valence-electron chi connectivity index (χ1n) is 11.1. The summed E-state index contributed by atoms with van der Waals surface area (Å²) >= 11 is 5.91. The maximum Gasteiger partial charge on any atom is 0.267 e. The monoisotopic (exact) mass is 477 g/mol. The van der Waals surface area contributed by atoms with E-state index < -0.39 is 12.1 Å². The molecule has 0 radical (unpaired) electrons. The molecule has 4 N–H and O–H groups in total. The van der Waals surface area contributed by atoms with Crippen LogP contribution in [0.2, 0.25) is 5.02 Å². The van der Waals surface area contributed by atoms with E-state index in [1.807, 2.05) is 12.1 Å². The normalized spacial score (nSPS) is 25.1. The van der Waals surface area contributed by atoms with Crippen LogP contribution < -0.4 is 16.4 Å². The number of nitrogens with two attached hydrogens (primary N) is 1. The van der Waals surface area contributed by atoms with Gasteiger partial charge in [0.05, 0.1) is 30.9 Å². The number of carbonyl (C=O) groups is 2. The van der Waals surface area contributed by atoms with E-state index in [1.54, 1.807) is 12.1 Å². The molecule has 0 saturated carbocycles. The molecule has 0 aromatic heterocycles. The number of carbonyl (C=O) groups excluding carboxylic acids is 2. The van der Waals surface area contributed by atoms with E-state index >= 15 is 0 Å². The van der Waals surface area contributed by atoms with E-state index in [9.17, 15) is 14.0 Å². The molecule has 3 heterocycles. The number of benzene rings is 1. The average Bonchev–Trinajstić information content (AvgIpc) is 3.38. The van der Waals surface area contributed by atoms with E-state index in [0.29, 0.717) is 62.1 Å². The fraction of sp³-hybridized carbons (Fsp3) is 0.522. The maximum atomic E-state index is 13.5. The fourth-order valence-corrected chi connectivity index (χ4v) is 4.33. The van der Waals surface area contributed by atoms with Crippen LogP contribution in [0.1, 0.15) is 18.4 Å². The Morgan fingerprint density at radius 3 is 2.70 bits per heavy atom. The second-order valence-corrected chi connectivity index (χ2v) is 9.50. The second-order valence-electron chi connectivity index (χ2n) is 9.06. The third-order valence-electron chi connectivity index (χ3n) is 6.31. The van der Waals surface area contributed by atoms with Gasteiger partial charge in [0.1, 0.15) is 12.4 Å². The minimum absolute atomic E-state index is 0.0554. The minimum Gasteiger partial charge on any atom is -0.394 e. The van der Waals surface area contributed by atoms with Gasteiger partial charge in [-0.3, -0.25) is 23.9 Å². The average molecular weight is 478 g/mol. The lowest BCUT2D eigenvalue weighted by Gasteiger charge is -2.37. The van der Waals surface area contributed by atoms with Crippen molar-refractivity contribution in [3.63, 3.8) is 0 Å². The zero-order valence-electron chi connectivity index (χ0n) is 18.4. The number of alkyl halides is 1. The number of hydrogen-bond donors (Lipinski definition) is 3. The summed E-state index contributed by atoms with van der Waals surface area (Å²) in [5, 5.41) is 6.43. The SMILES string of the molecule is NC(C(=O)NCc1ccc(Cl)cc1)=C1CN(CC2CCC(=O)N2)CC1=NCC1(CF)COC1. The van der Waals surface area contributed by atoms with Crippen molar-refractivity contribution in [1.82, 2.24) is 15.5 Å². The van der Waals surface area contributed by atoms with E-state index in [0.717, 1.165) is 12.0 Å². The number of likely N-dealkylation sites (tertiary alicyclic amines) is 1. The molecule has 10 heteroatoms. The van der Waals surface area contributed by atoms with Crippen LogP contribution in [-0.4, -0.2) is 74.5 Å². The second kappa shape index (κ2) is 10.2. The lowest BCUT2D eigenvalue weighted by molar-refractivity contribution is -0.119. The molecule has 1 atom stereocenters. The first-order valence-corrected chi connectivity index (χ1v) is 11.5. The predicted octanol–water partition coefficient (Wildman–Crippen LogP) is 1.19. The largest absolute Gasteiger partial charge is 0.394 e. The Labute approximate surface area is 197 Å². The Morgan fingerprint density at radius 1 is 1.33 bits per heavy atom. The van der Waals surface area contributed by atoms with Crippen molar-refractivity contribution < 1.29 is 18.7 Å². The minimum atomic E-state index is -0.587. The van der Waals surface area contributed by atoms with Gasteiger partial charge in [0.2, 0.25) is 5.91 Å². The number of hydrogen-bond acceptors (Lipinski definition) is 6. The molecule has 0 spiro atoms. The van der Waals surface area contributed by atoms with E-state index in [4.69, 9.17) is 22.1 Å². The summed E-state index contributed by atoms with van der Waals surface area (Å²) < 4.78 is 18.7. The Morgan fingerprint density at radius 2 is 2.09 bits per heavy atom. The van der Waals surface area contributed by atoms with Crippen LogP contribution in [0.25, 0.3) is 0 Å². The Bertz CT molecular complexity index is 956. The molecule has 3 saturated heterocycles. The standard InChI is InChI=1S/C23H29ClFN5O3/c24-16-3-1-15(2-4-16)7-27-22(32)21(26)18-9-30(8-17-5-6-20(31)29-17)10-19(18)28-12-23(11-25)13-33-14-23/h1-4,17H,5-14,26H2,(H,27,32)(H,29,31). The molecule has 4 rings (SSSR count). The van der Waals surface area contributed by atoms with E-state index in [-0.39, 0.29) is 30.1 Å². The number of amides is 2. The number of nitrogens with one attached hydrogen (secondary N) is 2. The lowest BCUT2D eigenvalue weighted by Crippen LogP contribution is -2.47. The van der Waals surface area contributed by atoms with Crippen molar-refractivity contribution in [3.05, 3.63) is 46.1 Å². The van der Waals surface area contributed by atoms with E-state index in [1.165, 1.54) is 0 Å². The number of aliphatic imine (C=N–C) groups is 1. The lowest BCUT2D eigenvalue weighted by atomic mass is 9.88. The quantitative estimate of drug-likeness (QED) is 0.487. The fourth-order valence-electron chi connectivity index (χ4n) is 4.20. The molecule has 0 bridgehead atoms. The number of halogens is 2. The van der Waals surface area contributed by atoms with Crippen LogP contribution in [0.4, 0.5) is 4.39 Å². The maximum absolute atomic E-state index is 13.5. The summed E-state index contributed by atoms with van der Waals surface area (Å²) in [6.45, 7) is 2.37. The molecule has 178 valence electrons. The predicted molar refractivity (Wildman–Crippen MR) is 124 cm³/mol. The van der Waals surface area contributed by atoms with Gasteiger partial charge in [0.15, 0.2) is 0 Å². The van der Waals surface area contributed by atoms with Crippen LogP contribution in [0.15, 0.2) is 40.5 Å². The van der Waals surface area contributed by atoms with Gasteiger partial charge in [-0.25, -0.2) is 0 Å². The molecule has 2 amide bonds. The molecule has 8 nitrogen and oxygen atoms in total. The summed E-state index contributed by atoms with van der Waals surface area (Å²) in [7, 11) is 0. The Balaban J connectivity index is 1.47. The van der Waals surface area contributed by atoms with Crippen molar-refractivity contribution in [2.75, 3.05) is 46.1 Å². The van der Waals surface area contributed by atoms with Gasteiger partial charge in [-0.2, -0.15) is 0 Å². The van der Waals surface area contributed by atoms with Gasteiger partial charge in [-0.1, -0.05) is 23.7 Å². The van der Waals surface area contributed by atoms with Crippen molar-refractivity contribution in [1.29, 1.82) is 0 Å². The molecule has 1 aromatic carbocycles. The van der Waals surface area contributed by atoms with Crippen LogP contribution in [0.5, 0.6) is 0 Å². The van der Waals surface area contributed by atoms with Crippen molar-refractivity contribution in [2.24, 2.45) is 16.1 Å². The number of nitrogens with zero attached hydrogens (tertiary/aromatic N) is 2. The van der Waals surface area contributed by atoms with Crippen LogP contribution in [0.3, 0.4) is 0 Å². The van der Waals surface area contributed by atoms with Crippen molar-refractivity contribution in [3.8, 4) is 0 Å². The molecule has 1 aromatic rings. The highest BCUT2D eigenvalue weighted by Gasteiger charge is 2.39. The van der Waals surface area contributed by atoms with Crippen LogP contribution >= 0.6 is 11.6 Å². The molecule has 3 aliphatic heterocycles. The highest BCUT2D eigenvalue weighted by molar-refractivity contribution is 6.30. The van der Waals surface area contributed by atoms with Gasteiger partial charge < -0.3 is 21.1 Å². The molecule has 3 fully saturated rings. The molecule has 1 unspecified atom stereocenters. The van der Waals surface area contributed by atoms with Gasteiger partial charge in [0, 0.05) is 49.2 Å². The smallest absolute Gasteiger partial charge is 0.267 e. The van der Waals surface area contributed by atoms with E-state index in [2.05, 4.69) is 20.5 Å². The summed E-state index contributed by atoms with van der Waals surface area (Å²) in [6.07, 6.45) is 1.30. The molecular formula is C23H29ClFN5O3.